The predicted molar refractivity (Wildman–Crippen MR) is 79.7 cm³/mol. The Morgan fingerprint density at radius 3 is 2.61 bits per heavy atom. The molecular weight excluding hydrogens is 337 g/mol. The van der Waals surface area contributed by atoms with Crippen molar-refractivity contribution in [3.05, 3.63) is 22.8 Å². The van der Waals surface area contributed by atoms with E-state index in [0.29, 0.717) is 6.29 Å². The Kier molecular flexibility index (Phi) is 6.77. The molecular formula is C13H16ClF3N4O2. The fourth-order valence-corrected chi connectivity index (χ4v) is 1.67. The number of aldehydes is 1. The van der Waals surface area contributed by atoms with Crippen LogP contribution >= 0.6 is 11.6 Å². The number of anilines is 1. The molecule has 0 spiro atoms. The summed E-state index contributed by atoms with van der Waals surface area (Å²) in [5, 5.41) is 6.02. The largest absolute Gasteiger partial charge is 0.418 e. The molecule has 2 heterocycles. The van der Waals surface area contributed by atoms with Gasteiger partial charge in [0.1, 0.15) is 6.29 Å². The topological polar surface area (TPSA) is 68.5 Å². The highest BCUT2D eigenvalue weighted by Crippen LogP contribution is 2.35. The van der Waals surface area contributed by atoms with Crippen molar-refractivity contribution >= 4 is 29.5 Å². The standard InChI is InChI=1S/C10H8ClF3N4O.C3H8O/c1-5(4-19)15-9-16-8-2-6(10(12,13)14)7(11)3-18(8)17-9;1-3-4-2/h2-5H,1H3,(H,15,17);3H2,1-2H3. The van der Waals surface area contributed by atoms with Crippen molar-refractivity contribution in [1.29, 1.82) is 0 Å². The Hall–Kier alpha value is -1.87. The molecule has 10 heteroatoms. The number of ether oxygens (including phenoxy) is 1. The van der Waals surface area contributed by atoms with E-state index in [1.54, 1.807) is 14.0 Å². The van der Waals surface area contributed by atoms with E-state index in [1.165, 1.54) is 0 Å². The molecule has 0 amide bonds. The quantitative estimate of drug-likeness (QED) is 0.856. The minimum atomic E-state index is -4.56. The average molecular weight is 353 g/mol. The van der Waals surface area contributed by atoms with Gasteiger partial charge in [-0.15, -0.1) is 5.10 Å². The number of halogens is 4. The van der Waals surface area contributed by atoms with E-state index in [-0.39, 0.29) is 11.6 Å². The second kappa shape index (κ2) is 8.11. The highest BCUT2D eigenvalue weighted by molar-refractivity contribution is 6.31. The van der Waals surface area contributed by atoms with Crippen LogP contribution in [-0.2, 0) is 15.7 Å². The molecule has 0 saturated carbocycles. The molecule has 0 radical (unpaired) electrons. The van der Waals surface area contributed by atoms with Crippen LogP contribution < -0.4 is 5.32 Å². The lowest BCUT2D eigenvalue weighted by Crippen LogP contribution is -2.17. The molecule has 0 aromatic carbocycles. The van der Waals surface area contributed by atoms with Crippen LogP contribution in [0.25, 0.3) is 5.65 Å². The number of nitrogens with one attached hydrogen (secondary N) is 1. The Morgan fingerprint density at radius 1 is 1.52 bits per heavy atom. The maximum Gasteiger partial charge on any atom is 0.418 e. The van der Waals surface area contributed by atoms with Crippen LogP contribution in [0.5, 0.6) is 0 Å². The van der Waals surface area contributed by atoms with Gasteiger partial charge < -0.3 is 14.8 Å². The van der Waals surface area contributed by atoms with Gasteiger partial charge in [-0.2, -0.15) is 18.2 Å². The molecule has 0 fully saturated rings. The molecule has 2 aromatic heterocycles. The summed E-state index contributed by atoms with van der Waals surface area (Å²) in [7, 11) is 1.68. The van der Waals surface area contributed by atoms with E-state index in [0.717, 1.165) is 23.4 Å². The number of hydrogen-bond donors (Lipinski definition) is 1. The Morgan fingerprint density at radius 2 is 2.13 bits per heavy atom. The molecule has 2 aromatic rings. The number of nitrogens with zero attached hydrogens (tertiary/aromatic N) is 3. The predicted octanol–water partition coefficient (Wildman–Crippen LogP) is 3.05. The number of hydrogen-bond acceptors (Lipinski definition) is 5. The van der Waals surface area contributed by atoms with Gasteiger partial charge in [0.05, 0.1) is 22.8 Å². The third-order valence-corrected chi connectivity index (χ3v) is 2.88. The number of rotatable bonds is 4. The minimum absolute atomic E-state index is 0.0164. The van der Waals surface area contributed by atoms with E-state index < -0.39 is 22.8 Å². The van der Waals surface area contributed by atoms with Gasteiger partial charge >= 0.3 is 6.18 Å². The summed E-state index contributed by atoms with van der Waals surface area (Å²) in [6.07, 6.45) is -2.92. The molecule has 1 atom stereocenters. The molecule has 0 bridgehead atoms. The summed E-state index contributed by atoms with van der Waals surface area (Å²) in [6.45, 7) is 4.34. The van der Waals surface area contributed by atoms with E-state index >= 15 is 0 Å². The summed E-state index contributed by atoms with van der Waals surface area (Å²) >= 11 is 5.54. The number of pyridine rings is 1. The molecule has 23 heavy (non-hydrogen) atoms. The fourth-order valence-electron chi connectivity index (χ4n) is 1.42. The maximum absolute atomic E-state index is 12.6. The minimum Gasteiger partial charge on any atom is -0.385 e. The third-order valence-electron chi connectivity index (χ3n) is 2.58. The Balaban J connectivity index is 0.000000593. The van der Waals surface area contributed by atoms with Gasteiger partial charge in [-0.1, -0.05) is 11.6 Å². The summed E-state index contributed by atoms with van der Waals surface area (Å²) < 4.78 is 43.6. The third kappa shape index (κ3) is 5.36. The van der Waals surface area contributed by atoms with E-state index in [1.807, 2.05) is 6.92 Å². The van der Waals surface area contributed by atoms with Crippen molar-refractivity contribution in [1.82, 2.24) is 14.6 Å². The van der Waals surface area contributed by atoms with E-state index in [2.05, 4.69) is 20.1 Å². The van der Waals surface area contributed by atoms with Crippen LogP contribution in [0.4, 0.5) is 19.1 Å². The summed E-state index contributed by atoms with van der Waals surface area (Å²) in [5.74, 6) is 0.0509. The molecule has 1 N–H and O–H groups in total. The van der Waals surface area contributed by atoms with Gasteiger partial charge in [0, 0.05) is 13.7 Å². The van der Waals surface area contributed by atoms with E-state index in [9.17, 15) is 18.0 Å². The SMILES string of the molecule is CC(C=O)Nc1nc2cc(C(F)(F)F)c(Cl)cn2n1.CCOC. The lowest BCUT2D eigenvalue weighted by atomic mass is 10.2. The first-order valence-corrected chi connectivity index (χ1v) is 6.94. The molecule has 0 saturated heterocycles. The van der Waals surface area contributed by atoms with Gasteiger partial charge in [-0.25, -0.2) is 4.52 Å². The first-order chi connectivity index (χ1) is 10.7. The number of methoxy groups -OCH3 is 1. The van der Waals surface area contributed by atoms with Gasteiger partial charge in [-0.3, -0.25) is 0 Å². The first kappa shape index (κ1) is 19.2. The molecule has 0 aliphatic rings. The van der Waals surface area contributed by atoms with Crippen LogP contribution in [0.15, 0.2) is 12.3 Å². The lowest BCUT2D eigenvalue weighted by molar-refractivity contribution is -0.137. The first-order valence-electron chi connectivity index (χ1n) is 6.56. The number of alkyl halides is 3. The number of aromatic nitrogens is 3. The zero-order chi connectivity index (χ0) is 17.6. The zero-order valence-corrected chi connectivity index (χ0v) is 13.4. The maximum atomic E-state index is 12.6. The van der Waals surface area contributed by atoms with E-state index in [4.69, 9.17) is 11.6 Å². The number of fused-ring (bicyclic) bond motifs is 1. The van der Waals surface area contributed by atoms with Gasteiger partial charge in [0.25, 0.3) is 0 Å². The highest BCUT2D eigenvalue weighted by Gasteiger charge is 2.34. The second-order valence-electron chi connectivity index (χ2n) is 4.42. The zero-order valence-electron chi connectivity index (χ0n) is 12.7. The monoisotopic (exact) mass is 352 g/mol. The lowest BCUT2D eigenvalue weighted by Gasteiger charge is -2.07. The molecule has 2 rings (SSSR count). The van der Waals surface area contributed by atoms with Crippen LogP contribution in [0.2, 0.25) is 5.02 Å². The molecule has 6 nitrogen and oxygen atoms in total. The summed E-state index contributed by atoms with van der Waals surface area (Å²) in [6, 6.07) is 0.251. The van der Waals surface area contributed by atoms with Crippen molar-refractivity contribution in [2.45, 2.75) is 26.1 Å². The van der Waals surface area contributed by atoms with Gasteiger partial charge in [-0.05, 0) is 19.9 Å². The summed E-state index contributed by atoms with van der Waals surface area (Å²) in [5.41, 5.74) is -0.999. The molecule has 0 aliphatic heterocycles. The molecule has 128 valence electrons. The van der Waals surface area contributed by atoms with Crippen LogP contribution in [0, 0.1) is 0 Å². The van der Waals surface area contributed by atoms with Crippen molar-refractivity contribution in [2.75, 3.05) is 19.0 Å². The van der Waals surface area contributed by atoms with Crippen molar-refractivity contribution in [2.24, 2.45) is 0 Å². The average Bonchev–Trinajstić information content (AvgIpc) is 2.86. The molecule has 0 aliphatic carbocycles. The number of carbonyl (C=O) groups excluding carboxylic acids is 1. The number of carbonyl (C=O) groups is 1. The second-order valence-corrected chi connectivity index (χ2v) is 4.82. The van der Waals surface area contributed by atoms with Crippen LogP contribution in [-0.4, -0.2) is 40.6 Å². The van der Waals surface area contributed by atoms with Crippen LogP contribution in [0.1, 0.15) is 19.4 Å². The van der Waals surface area contributed by atoms with Crippen molar-refractivity contribution < 1.29 is 22.7 Å². The van der Waals surface area contributed by atoms with Gasteiger partial charge in [0.15, 0.2) is 5.65 Å². The van der Waals surface area contributed by atoms with Crippen molar-refractivity contribution in [3.8, 4) is 0 Å². The Labute approximate surface area is 135 Å². The normalized spacial score (nSPS) is 12.5. The van der Waals surface area contributed by atoms with Gasteiger partial charge in [0.2, 0.25) is 5.95 Å². The summed E-state index contributed by atoms with van der Waals surface area (Å²) in [4.78, 5) is 14.3. The highest BCUT2D eigenvalue weighted by atomic mass is 35.5. The van der Waals surface area contributed by atoms with Crippen molar-refractivity contribution in [3.63, 3.8) is 0 Å². The fraction of sp³-hybridized carbons (Fsp3) is 0.462. The molecule has 1 unspecified atom stereocenters. The Bertz CT molecular complexity index is 658. The smallest absolute Gasteiger partial charge is 0.385 e. The van der Waals surface area contributed by atoms with Crippen LogP contribution in [0.3, 0.4) is 0 Å².